The Hall–Kier alpha value is -0.0800. The average molecular weight is 197 g/mol. The van der Waals surface area contributed by atoms with E-state index in [1.807, 2.05) is 0 Å². The number of aliphatic hydroxyl groups excluding tert-OH is 1. The molecule has 82 valence electrons. The Morgan fingerprint density at radius 3 is 2.57 bits per heavy atom. The van der Waals surface area contributed by atoms with Gasteiger partial charge < -0.3 is 10.0 Å². The lowest BCUT2D eigenvalue weighted by molar-refractivity contribution is 0.0294. The Labute approximate surface area is 87.3 Å². The number of piperidine rings is 1. The van der Waals surface area contributed by atoms with Crippen LogP contribution in [-0.2, 0) is 0 Å². The lowest BCUT2D eigenvalue weighted by Crippen LogP contribution is -2.43. The Kier molecular flexibility index (Phi) is 3.45. The molecule has 1 aliphatic carbocycles. The number of aliphatic hydroxyl groups is 1. The zero-order valence-corrected chi connectivity index (χ0v) is 9.28. The lowest BCUT2D eigenvalue weighted by Gasteiger charge is -2.35. The van der Waals surface area contributed by atoms with Crippen molar-refractivity contribution in [3.63, 3.8) is 0 Å². The third kappa shape index (κ3) is 2.48. The summed E-state index contributed by atoms with van der Waals surface area (Å²) in [5.74, 6) is 1.43. The maximum Gasteiger partial charge on any atom is 0.0590 e. The van der Waals surface area contributed by atoms with Crippen LogP contribution in [0.25, 0.3) is 0 Å². The van der Waals surface area contributed by atoms with Crippen LogP contribution in [0.2, 0.25) is 0 Å². The minimum absolute atomic E-state index is 0.0465. The van der Waals surface area contributed by atoms with Gasteiger partial charge in [-0.05, 0) is 31.1 Å². The van der Waals surface area contributed by atoms with E-state index in [-0.39, 0.29) is 6.10 Å². The first kappa shape index (κ1) is 10.4. The van der Waals surface area contributed by atoms with Gasteiger partial charge in [-0.2, -0.15) is 0 Å². The minimum atomic E-state index is -0.0465. The van der Waals surface area contributed by atoms with E-state index in [1.165, 1.54) is 32.2 Å². The molecular formula is C12H23NO. The van der Waals surface area contributed by atoms with Gasteiger partial charge in [0.1, 0.15) is 0 Å². The molecule has 2 rings (SSSR count). The largest absolute Gasteiger partial charge is 0.393 e. The van der Waals surface area contributed by atoms with Gasteiger partial charge >= 0.3 is 0 Å². The fourth-order valence-electron chi connectivity index (χ4n) is 2.94. The molecule has 0 amide bonds. The zero-order chi connectivity index (χ0) is 9.97. The Morgan fingerprint density at radius 1 is 1.21 bits per heavy atom. The predicted molar refractivity (Wildman–Crippen MR) is 58.2 cm³/mol. The first-order valence-electron chi connectivity index (χ1n) is 6.16. The fraction of sp³-hybridized carbons (Fsp3) is 1.00. The minimum Gasteiger partial charge on any atom is -0.393 e. The maximum absolute atomic E-state index is 9.63. The number of hydrogen-bond acceptors (Lipinski definition) is 2. The second kappa shape index (κ2) is 4.63. The van der Waals surface area contributed by atoms with Crippen molar-refractivity contribution in [2.75, 3.05) is 19.6 Å². The molecule has 2 fully saturated rings. The molecule has 1 N–H and O–H groups in total. The molecule has 1 heterocycles. The quantitative estimate of drug-likeness (QED) is 0.730. The van der Waals surface area contributed by atoms with E-state index in [4.69, 9.17) is 0 Å². The van der Waals surface area contributed by atoms with E-state index < -0.39 is 0 Å². The third-order valence-corrected chi connectivity index (χ3v) is 3.94. The van der Waals surface area contributed by atoms with Crippen LogP contribution in [0.15, 0.2) is 0 Å². The fourth-order valence-corrected chi connectivity index (χ4v) is 2.94. The van der Waals surface area contributed by atoms with Crippen LogP contribution in [-0.4, -0.2) is 35.7 Å². The van der Waals surface area contributed by atoms with Crippen molar-refractivity contribution in [2.24, 2.45) is 11.8 Å². The van der Waals surface area contributed by atoms with Crippen LogP contribution < -0.4 is 0 Å². The van der Waals surface area contributed by atoms with Crippen molar-refractivity contribution in [1.29, 1.82) is 0 Å². The zero-order valence-electron chi connectivity index (χ0n) is 9.28. The van der Waals surface area contributed by atoms with E-state index in [9.17, 15) is 5.11 Å². The molecule has 0 radical (unpaired) electrons. The Morgan fingerprint density at radius 2 is 1.93 bits per heavy atom. The Balaban J connectivity index is 1.75. The molecule has 0 spiro atoms. The predicted octanol–water partition coefficient (Wildman–Crippen LogP) is 1.88. The third-order valence-electron chi connectivity index (χ3n) is 3.94. The van der Waals surface area contributed by atoms with Gasteiger partial charge in [0, 0.05) is 19.6 Å². The molecule has 0 aromatic rings. The number of hydrogen-bond donors (Lipinski definition) is 1. The van der Waals surface area contributed by atoms with Crippen molar-refractivity contribution >= 4 is 0 Å². The molecule has 0 aromatic carbocycles. The van der Waals surface area contributed by atoms with Crippen molar-refractivity contribution in [3.05, 3.63) is 0 Å². The van der Waals surface area contributed by atoms with Gasteiger partial charge in [-0.25, -0.2) is 0 Å². The summed E-state index contributed by atoms with van der Waals surface area (Å²) < 4.78 is 0. The van der Waals surface area contributed by atoms with E-state index in [0.717, 1.165) is 25.4 Å². The van der Waals surface area contributed by atoms with Gasteiger partial charge in [-0.1, -0.05) is 19.8 Å². The smallest absolute Gasteiger partial charge is 0.0590 e. The van der Waals surface area contributed by atoms with Crippen LogP contribution in [0.3, 0.4) is 0 Å². The van der Waals surface area contributed by atoms with Gasteiger partial charge in [-0.3, -0.25) is 0 Å². The molecule has 1 aliphatic heterocycles. The van der Waals surface area contributed by atoms with Crippen LogP contribution in [0, 0.1) is 11.8 Å². The molecule has 0 bridgehead atoms. The molecule has 14 heavy (non-hydrogen) atoms. The van der Waals surface area contributed by atoms with Crippen LogP contribution >= 0.6 is 0 Å². The van der Waals surface area contributed by atoms with Gasteiger partial charge in [0.25, 0.3) is 0 Å². The second-order valence-electron chi connectivity index (χ2n) is 5.24. The van der Waals surface area contributed by atoms with Crippen molar-refractivity contribution < 1.29 is 5.11 Å². The summed E-state index contributed by atoms with van der Waals surface area (Å²) in [5.41, 5.74) is 0. The van der Waals surface area contributed by atoms with Crippen molar-refractivity contribution in [1.82, 2.24) is 4.90 Å². The summed E-state index contributed by atoms with van der Waals surface area (Å²) in [4.78, 5) is 2.56. The topological polar surface area (TPSA) is 23.5 Å². The number of likely N-dealkylation sites (tertiary alicyclic amines) is 1. The average Bonchev–Trinajstić information content (AvgIpc) is 2.64. The van der Waals surface area contributed by atoms with Gasteiger partial charge in [0.05, 0.1) is 6.10 Å². The SMILES string of the molecule is CC1CN(CC2CCCC2)CCC1O. The molecule has 1 saturated heterocycles. The monoisotopic (exact) mass is 197 g/mol. The molecule has 1 saturated carbocycles. The standard InChI is InChI=1S/C12H23NO/c1-10-8-13(7-6-12(10)14)9-11-4-2-3-5-11/h10-12,14H,2-9H2,1H3. The van der Waals surface area contributed by atoms with Crippen LogP contribution in [0.4, 0.5) is 0 Å². The summed E-state index contributed by atoms with van der Waals surface area (Å²) in [7, 11) is 0. The van der Waals surface area contributed by atoms with Gasteiger partial charge in [0.2, 0.25) is 0 Å². The summed E-state index contributed by atoms with van der Waals surface area (Å²) in [6, 6.07) is 0. The van der Waals surface area contributed by atoms with Gasteiger partial charge in [-0.15, -0.1) is 0 Å². The van der Waals surface area contributed by atoms with E-state index in [0.29, 0.717) is 5.92 Å². The molecular weight excluding hydrogens is 174 g/mol. The molecule has 2 unspecified atom stereocenters. The first-order valence-corrected chi connectivity index (χ1v) is 6.16. The maximum atomic E-state index is 9.63. The highest BCUT2D eigenvalue weighted by molar-refractivity contribution is 4.80. The highest BCUT2D eigenvalue weighted by Gasteiger charge is 2.26. The summed E-state index contributed by atoms with van der Waals surface area (Å²) >= 11 is 0. The highest BCUT2D eigenvalue weighted by atomic mass is 16.3. The van der Waals surface area contributed by atoms with Crippen LogP contribution in [0.5, 0.6) is 0 Å². The van der Waals surface area contributed by atoms with Crippen molar-refractivity contribution in [3.8, 4) is 0 Å². The van der Waals surface area contributed by atoms with E-state index in [1.54, 1.807) is 0 Å². The number of nitrogens with zero attached hydrogens (tertiary/aromatic N) is 1. The first-order chi connectivity index (χ1) is 6.75. The van der Waals surface area contributed by atoms with Crippen LogP contribution in [0.1, 0.15) is 39.0 Å². The summed E-state index contributed by atoms with van der Waals surface area (Å²) in [6.07, 6.45) is 6.69. The molecule has 2 heteroatoms. The molecule has 2 aliphatic rings. The summed E-state index contributed by atoms with van der Waals surface area (Å²) in [6.45, 7) is 5.68. The van der Waals surface area contributed by atoms with E-state index in [2.05, 4.69) is 11.8 Å². The Bertz CT molecular complexity index is 177. The highest BCUT2D eigenvalue weighted by Crippen LogP contribution is 2.27. The molecule has 2 atom stereocenters. The molecule has 2 nitrogen and oxygen atoms in total. The normalized spacial score (nSPS) is 36.4. The summed E-state index contributed by atoms with van der Waals surface area (Å²) in [5, 5.41) is 9.63. The lowest BCUT2D eigenvalue weighted by atomic mass is 9.95. The van der Waals surface area contributed by atoms with E-state index >= 15 is 0 Å². The second-order valence-corrected chi connectivity index (χ2v) is 5.24. The van der Waals surface area contributed by atoms with Gasteiger partial charge in [0.15, 0.2) is 0 Å². The van der Waals surface area contributed by atoms with Crippen molar-refractivity contribution in [2.45, 2.75) is 45.1 Å². The molecule has 0 aromatic heterocycles. The number of rotatable bonds is 2.